The summed E-state index contributed by atoms with van der Waals surface area (Å²) in [6.07, 6.45) is 4.94. The second-order valence-electron chi connectivity index (χ2n) is 5.88. The van der Waals surface area contributed by atoms with Crippen LogP contribution in [0.2, 0.25) is 0 Å². The van der Waals surface area contributed by atoms with Crippen LogP contribution in [0, 0.1) is 0 Å². The molecule has 0 saturated carbocycles. The Balaban J connectivity index is 2.21. The van der Waals surface area contributed by atoms with Gasteiger partial charge in [-0.25, -0.2) is 0 Å². The van der Waals surface area contributed by atoms with Crippen LogP contribution in [-0.2, 0) is 0 Å². The van der Waals surface area contributed by atoms with Crippen molar-refractivity contribution in [3.8, 4) is 0 Å². The standard InChI is InChI=1S/C17H28N2/c1-5-9-13(3)18-16-12-14(6-2)19(4)17-11-8-7-10-15(16)17/h7-8,10-11,13-14,16,18H,5-6,9,12H2,1-4H3. The van der Waals surface area contributed by atoms with E-state index in [9.17, 15) is 0 Å². The minimum atomic E-state index is 0.513. The Morgan fingerprint density at radius 2 is 2.05 bits per heavy atom. The van der Waals surface area contributed by atoms with Gasteiger partial charge in [0.05, 0.1) is 0 Å². The van der Waals surface area contributed by atoms with Gasteiger partial charge in [0, 0.05) is 30.9 Å². The lowest BCUT2D eigenvalue weighted by Gasteiger charge is -2.41. The molecule has 2 nitrogen and oxygen atoms in total. The molecule has 0 saturated heterocycles. The maximum absolute atomic E-state index is 3.83. The lowest BCUT2D eigenvalue weighted by molar-refractivity contribution is 0.368. The Morgan fingerprint density at radius 1 is 1.32 bits per heavy atom. The van der Waals surface area contributed by atoms with Crippen LogP contribution in [0.4, 0.5) is 5.69 Å². The van der Waals surface area contributed by atoms with Gasteiger partial charge in [-0.3, -0.25) is 0 Å². The number of fused-ring (bicyclic) bond motifs is 1. The Morgan fingerprint density at radius 3 is 2.74 bits per heavy atom. The highest BCUT2D eigenvalue weighted by molar-refractivity contribution is 5.57. The molecule has 1 aliphatic rings. The molecule has 0 aromatic heterocycles. The van der Waals surface area contributed by atoms with Crippen molar-refractivity contribution in [2.24, 2.45) is 0 Å². The number of hydrogen-bond donors (Lipinski definition) is 1. The van der Waals surface area contributed by atoms with Crippen LogP contribution in [0.1, 0.15) is 58.1 Å². The van der Waals surface area contributed by atoms with Crippen LogP contribution >= 0.6 is 0 Å². The quantitative estimate of drug-likeness (QED) is 0.856. The molecule has 1 N–H and O–H groups in total. The van der Waals surface area contributed by atoms with Gasteiger partial charge in [0.2, 0.25) is 0 Å². The maximum atomic E-state index is 3.83. The lowest BCUT2D eigenvalue weighted by Crippen LogP contribution is -2.43. The molecule has 0 fully saturated rings. The number of para-hydroxylation sites is 1. The van der Waals surface area contributed by atoms with E-state index in [1.54, 1.807) is 0 Å². The molecule has 1 aromatic rings. The first-order chi connectivity index (χ1) is 9.17. The van der Waals surface area contributed by atoms with E-state index in [-0.39, 0.29) is 0 Å². The third kappa shape index (κ3) is 3.11. The first-order valence-corrected chi connectivity index (χ1v) is 7.75. The Kier molecular flexibility index (Phi) is 4.87. The fourth-order valence-corrected chi connectivity index (χ4v) is 3.32. The van der Waals surface area contributed by atoms with Gasteiger partial charge in [-0.1, -0.05) is 38.5 Å². The van der Waals surface area contributed by atoms with Gasteiger partial charge in [-0.15, -0.1) is 0 Å². The molecule has 3 unspecified atom stereocenters. The molecule has 2 heteroatoms. The third-order valence-electron chi connectivity index (χ3n) is 4.43. The van der Waals surface area contributed by atoms with Gasteiger partial charge in [-0.05, 0) is 37.8 Å². The highest BCUT2D eigenvalue weighted by atomic mass is 15.2. The van der Waals surface area contributed by atoms with Crippen molar-refractivity contribution in [2.75, 3.05) is 11.9 Å². The molecule has 2 rings (SSSR count). The van der Waals surface area contributed by atoms with Crippen LogP contribution in [0.5, 0.6) is 0 Å². The molecule has 0 amide bonds. The molecule has 0 spiro atoms. The largest absolute Gasteiger partial charge is 0.371 e. The molecular weight excluding hydrogens is 232 g/mol. The summed E-state index contributed by atoms with van der Waals surface area (Å²) in [5.74, 6) is 0. The predicted molar refractivity (Wildman–Crippen MR) is 83.8 cm³/mol. The van der Waals surface area contributed by atoms with Crippen molar-refractivity contribution in [1.29, 1.82) is 0 Å². The van der Waals surface area contributed by atoms with E-state index in [4.69, 9.17) is 0 Å². The van der Waals surface area contributed by atoms with Crippen LogP contribution in [0.3, 0.4) is 0 Å². The molecule has 0 radical (unpaired) electrons. The summed E-state index contributed by atoms with van der Waals surface area (Å²) in [7, 11) is 2.23. The Bertz CT molecular complexity index is 402. The zero-order valence-corrected chi connectivity index (χ0v) is 12.8. The van der Waals surface area contributed by atoms with Crippen LogP contribution in [0.15, 0.2) is 24.3 Å². The van der Waals surface area contributed by atoms with E-state index in [1.807, 2.05) is 0 Å². The zero-order chi connectivity index (χ0) is 13.8. The minimum Gasteiger partial charge on any atom is -0.371 e. The minimum absolute atomic E-state index is 0.513. The van der Waals surface area contributed by atoms with Crippen molar-refractivity contribution >= 4 is 5.69 Å². The van der Waals surface area contributed by atoms with Gasteiger partial charge in [0.1, 0.15) is 0 Å². The van der Waals surface area contributed by atoms with Crippen molar-refractivity contribution in [3.63, 3.8) is 0 Å². The average molecular weight is 260 g/mol. The monoisotopic (exact) mass is 260 g/mol. The van der Waals surface area contributed by atoms with E-state index in [1.165, 1.54) is 36.9 Å². The highest BCUT2D eigenvalue weighted by Gasteiger charge is 2.29. The highest BCUT2D eigenvalue weighted by Crippen LogP contribution is 2.37. The van der Waals surface area contributed by atoms with Crippen LogP contribution in [0.25, 0.3) is 0 Å². The topological polar surface area (TPSA) is 15.3 Å². The van der Waals surface area contributed by atoms with Crippen LogP contribution in [-0.4, -0.2) is 19.1 Å². The zero-order valence-electron chi connectivity index (χ0n) is 12.8. The normalized spacial score (nSPS) is 24.1. The van der Waals surface area contributed by atoms with Crippen molar-refractivity contribution in [2.45, 2.75) is 64.6 Å². The van der Waals surface area contributed by atoms with Gasteiger partial charge in [0.25, 0.3) is 0 Å². The van der Waals surface area contributed by atoms with Gasteiger partial charge < -0.3 is 10.2 Å². The summed E-state index contributed by atoms with van der Waals surface area (Å²) in [5.41, 5.74) is 2.87. The Labute approximate surface area is 118 Å². The molecule has 0 bridgehead atoms. The van der Waals surface area contributed by atoms with Crippen molar-refractivity contribution in [1.82, 2.24) is 5.32 Å². The number of benzene rings is 1. The van der Waals surface area contributed by atoms with E-state index >= 15 is 0 Å². The Hall–Kier alpha value is -1.02. The van der Waals surface area contributed by atoms with E-state index in [2.05, 4.69) is 62.3 Å². The molecule has 1 heterocycles. The number of nitrogens with one attached hydrogen (secondary N) is 1. The molecule has 3 atom stereocenters. The number of rotatable bonds is 5. The molecule has 0 aliphatic carbocycles. The maximum Gasteiger partial charge on any atom is 0.0414 e. The predicted octanol–water partition coefficient (Wildman–Crippen LogP) is 4.12. The summed E-state index contributed by atoms with van der Waals surface area (Å²) in [5, 5.41) is 3.83. The summed E-state index contributed by atoms with van der Waals surface area (Å²) >= 11 is 0. The van der Waals surface area contributed by atoms with E-state index < -0.39 is 0 Å². The molecule has 19 heavy (non-hydrogen) atoms. The average Bonchev–Trinajstić information content (AvgIpc) is 2.42. The summed E-state index contributed by atoms with van der Waals surface area (Å²) < 4.78 is 0. The molecule has 1 aromatic carbocycles. The van der Waals surface area contributed by atoms with Crippen molar-refractivity contribution < 1.29 is 0 Å². The number of hydrogen-bond acceptors (Lipinski definition) is 2. The third-order valence-corrected chi connectivity index (χ3v) is 4.43. The van der Waals surface area contributed by atoms with E-state index in [0.29, 0.717) is 18.1 Å². The first kappa shape index (κ1) is 14.4. The van der Waals surface area contributed by atoms with Crippen LogP contribution < -0.4 is 10.2 Å². The summed E-state index contributed by atoms with van der Waals surface area (Å²) in [6, 6.07) is 10.6. The van der Waals surface area contributed by atoms with Crippen molar-refractivity contribution in [3.05, 3.63) is 29.8 Å². The second-order valence-corrected chi connectivity index (χ2v) is 5.88. The molecule has 106 valence electrons. The fraction of sp³-hybridized carbons (Fsp3) is 0.647. The SMILES string of the molecule is CCCC(C)NC1CC(CC)N(C)c2ccccc21. The van der Waals surface area contributed by atoms with Gasteiger partial charge in [-0.2, -0.15) is 0 Å². The fourth-order valence-electron chi connectivity index (χ4n) is 3.32. The molecular formula is C17H28N2. The van der Waals surface area contributed by atoms with Gasteiger partial charge >= 0.3 is 0 Å². The summed E-state index contributed by atoms with van der Waals surface area (Å²) in [4.78, 5) is 2.46. The van der Waals surface area contributed by atoms with E-state index in [0.717, 1.165) is 0 Å². The number of nitrogens with zero attached hydrogens (tertiary/aromatic N) is 1. The molecule has 1 aliphatic heterocycles. The van der Waals surface area contributed by atoms with Gasteiger partial charge in [0.15, 0.2) is 0 Å². The number of anilines is 1. The second kappa shape index (κ2) is 6.42. The summed E-state index contributed by atoms with van der Waals surface area (Å²) in [6.45, 7) is 6.86. The smallest absolute Gasteiger partial charge is 0.0414 e. The first-order valence-electron chi connectivity index (χ1n) is 7.75. The lowest BCUT2D eigenvalue weighted by atomic mass is 9.89.